The van der Waals surface area contributed by atoms with Gasteiger partial charge in [0.25, 0.3) is 0 Å². The van der Waals surface area contributed by atoms with Crippen molar-refractivity contribution in [3.05, 3.63) is 16.5 Å². The number of carbonyl (C=O) groups is 2. The van der Waals surface area contributed by atoms with Crippen LogP contribution in [0.1, 0.15) is 23.4 Å². The number of furan rings is 1. The Morgan fingerprint density at radius 2 is 1.95 bits per heavy atom. The van der Waals surface area contributed by atoms with Crippen molar-refractivity contribution in [3.8, 4) is 0 Å². The van der Waals surface area contributed by atoms with E-state index in [1.54, 1.807) is 0 Å². The third kappa shape index (κ3) is 3.11. The fraction of sp³-hybridized carbons (Fsp3) is 0.455. The zero-order chi connectivity index (χ0) is 15.8. The van der Waals surface area contributed by atoms with Gasteiger partial charge in [0.1, 0.15) is 4.90 Å². The molecule has 1 aromatic heterocycles. The quantitative estimate of drug-likeness (QED) is 0.787. The minimum absolute atomic E-state index is 0.149. The van der Waals surface area contributed by atoms with Crippen molar-refractivity contribution >= 4 is 37.8 Å². The molecule has 0 aromatic carbocycles. The number of amides is 1. The average Bonchev–Trinajstić information content (AvgIpc) is 2.82. The van der Waals surface area contributed by atoms with Gasteiger partial charge in [-0.1, -0.05) is 0 Å². The van der Waals surface area contributed by atoms with Crippen molar-refractivity contribution in [2.24, 2.45) is 11.7 Å². The lowest BCUT2D eigenvalue weighted by Gasteiger charge is -2.29. The van der Waals surface area contributed by atoms with Crippen LogP contribution in [0.3, 0.4) is 0 Å². The van der Waals surface area contributed by atoms with Crippen molar-refractivity contribution in [2.45, 2.75) is 17.7 Å². The van der Waals surface area contributed by atoms with Crippen LogP contribution in [0.4, 0.5) is 0 Å². The number of carbonyl (C=O) groups excluding carboxylic acids is 1. The van der Waals surface area contributed by atoms with E-state index < -0.39 is 27.7 Å². The van der Waals surface area contributed by atoms with Gasteiger partial charge in [0.05, 0.1) is 0 Å². The predicted octanol–water partition coefficient (Wildman–Crippen LogP) is 0.626. The monoisotopic (exact) mass is 380 g/mol. The topological polar surface area (TPSA) is 131 Å². The predicted molar refractivity (Wildman–Crippen MR) is 74.0 cm³/mol. The third-order valence-corrected chi connectivity index (χ3v) is 6.10. The van der Waals surface area contributed by atoms with E-state index in [0.717, 1.165) is 6.07 Å². The number of hydrogen-bond donors (Lipinski definition) is 2. The van der Waals surface area contributed by atoms with E-state index in [9.17, 15) is 18.0 Å². The van der Waals surface area contributed by atoms with E-state index in [1.807, 2.05) is 0 Å². The first kappa shape index (κ1) is 16.0. The summed E-state index contributed by atoms with van der Waals surface area (Å²) < 4.78 is 30.8. The lowest BCUT2D eigenvalue weighted by molar-refractivity contribution is -0.122. The molecule has 0 unspecified atom stereocenters. The van der Waals surface area contributed by atoms with Gasteiger partial charge >= 0.3 is 5.97 Å². The van der Waals surface area contributed by atoms with Crippen LogP contribution in [-0.2, 0) is 14.8 Å². The van der Waals surface area contributed by atoms with Gasteiger partial charge in [-0.15, -0.1) is 0 Å². The summed E-state index contributed by atoms with van der Waals surface area (Å²) in [6.07, 6.45) is 0.686. The molecule has 0 spiro atoms. The lowest BCUT2D eigenvalue weighted by Crippen LogP contribution is -2.41. The largest absolute Gasteiger partial charge is 0.475 e. The van der Waals surface area contributed by atoms with Crippen LogP contribution in [0.25, 0.3) is 0 Å². The van der Waals surface area contributed by atoms with E-state index in [4.69, 9.17) is 15.3 Å². The standard InChI is InChI=1S/C11H13BrN2O6S/c12-9-8(5-7(20-9)11(16)17)21(18,19)14-3-1-6(2-4-14)10(13)15/h5-6H,1-4H2,(H2,13,15)(H,16,17). The number of aromatic carboxylic acids is 1. The first-order chi connectivity index (χ1) is 9.73. The molecular formula is C11H13BrN2O6S. The number of nitrogens with two attached hydrogens (primary N) is 1. The van der Waals surface area contributed by atoms with E-state index in [2.05, 4.69) is 15.9 Å². The summed E-state index contributed by atoms with van der Waals surface area (Å²) in [6, 6.07) is 0.960. The van der Waals surface area contributed by atoms with Gasteiger partial charge < -0.3 is 15.3 Å². The van der Waals surface area contributed by atoms with E-state index in [0.29, 0.717) is 12.8 Å². The molecule has 1 amide bonds. The summed E-state index contributed by atoms with van der Waals surface area (Å²) in [7, 11) is -3.88. The highest BCUT2D eigenvalue weighted by Gasteiger charge is 2.34. The summed E-state index contributed by atoms with van der Waals surface area (Å²) in [4.78, 5) is 21.7. The molecule has 0 aliphatic carbocycles. The van der Waals surface area contributed by atoms with Gasteiger partial charge in [0, 0.05) is 25.1 Å². The Bertz CT molecular complexity index is 675. The molecule has 0 atom stereocenters. The Morgan fingerprint density at radius 3 is 2.38 bits per heavy atom. The molecule has 1 aliphatic rings. The van der Waals surface area contributed by atoms with E-state index >= 15 is 0 Å². The molecule has 10 heteroatoms. The molecule has 116 valence electrons. The van der Waals surface area contributed by atoms with Crippen LogP contribution in [0.15, 0.2) is 20.0 Å². The van der Waals surface area contributed by atoms with Crippen LogP contribution in [0.2, 0.25) is 0 Å². The molecular weight excluding hydrogens is 368 g/mol. The number of nitrogens with zero attached hydrogens (tertiary/aromatic N) is 1. The molecule has 0 radical (unpaired) electrons. The molecule has 2 rings (SSSR count). The van der Waals surface area contributed by atoms with Crippen LogP contribution in [0.5, 0.6) is 0 Å². The van der Waals surface area contributed by atoms with Crippen molar-refractivity contribution in [1.29, 1.82) is 0 Å². The third-order valence-electron chi connectivity index (χ3n) is 3.34. The second-order valence-corrected chi connectivity index (χ2v) is 7.26. The normalized spacial score (nSPS) is 17.8. The molecule has 8 nitrogen and oxygen atoms in total. The summed E-state index contributed by atoms with van der Waals surface area (Å²) in [5.74, 6) is -2.60. The molecule has 3 N–H and O–H groups in total. The fourth-order valence-corrected chi connectivity index (χ4v) is 4.53. The molecule has 1 aromatic rings. The Labute approximate surface area is 129 Å². The van der Waals surface area contributed by atoms with Crippen LogP contribution in [0, 0.1) is 5.92 Å². The minimum Gasteiger partial charge on any atom is -0.475 e. The molecule has 21 heavy (non-hydrogen) atoms. The van der Waals surface area contributed by atoms with E-state index in [1.165, 1.54) is 4.31 Å². The van der Waals surface area contributed by atoms with Gasteiger partial charge in [0.15, 0.2) is 4.67 Å². The number of halogens is 1. The number of primary amides is 1. The van der Waals surface area contributed by atoms with Crippen molar-refractivity contribution in [1.82, 2.24) is 4.31 Å². The van der Waals surface area contributed by atoms with Crippen LogP contribution >= 0.6 is 15.9 Å². The SMILES string of the molecule is NC(=O)C1CCN(S(=O)(=O)c2cc(C(=O)O)oc2Br)CC1. The van der Waals surface area contributed by atoms with Gasteiger partial charge in [-0.25, -0.2) is 13.2 Å². The number of carboxylic acid groups (broad SMARTS) is 1. The average molecular weight is 381 g/mol. The zero-order valence-electron chi connectivity index (χ0n) is 10.8. The molecule has 2 heterocycles. The van der Waals surface area contributed by atoms with Crippen molar-refractivity contribution in [2.75, 3.05) is 13.1 Å². The van der Waals surface area contributed by atoms with Gasteiger partial charge in [-0.05, 0) is 28.8 Å². The number of carboxylic acids is 1. The summed E-state index contributed by atoms with van der Waals surface area (Å²) in [5.41, 5.74) is 5.20. The highest BCUT2D eigenvalue weighted by atomic mass is 79.9. The van der Waals surface area contributed by atoms with Crippen LogP contribution in [-0.4, -0.2) is 42.8 Å². The van der Waals surface area contributed by atoms with Crippen molar-refractivity contribution < 1.29 is 27.5 Å². The van der Waals surface area contributed by atoms with Crippen molar-refractivity contribution in [3.63, 3.8) is 0 Å². The molecule has 0 saturated carbocycles. The second kappa shape index (κ2) is 5.78. The minimum atomic E-state index is -3.88. The number of rotatable bonds is 4. The Kier molecular flexibility index (Phi) is 4.40. The highest BCUT2D eigenvalue weighted by Crippen LogP contribution is 2.31. The van der Waals surface area contributed by atoms with Crippen LogP contribution < -0.4 is 5.73 Å². The molecule has 0 bridgehead atoms. The zero-order valence-corrected chi connectivity index (χ0v) is 13.2. The highest BCUT2D eigenvalue weighted by molar-refractivity contribution is 9.10. The maximum atomic E-state index is 12.4. The van der Waals surface area contributed by atoms with Gasteiger partial charge in [0.2, 0.25) is 21.7 Å². The second-order valence-electron chi connectivity index (χ2n) is 4.63. The Hall–Kier alpha value is -1.39. The Balaban J connectivity index is 2.23. The lowest BCUT2D eigenvalue weighted by atomic mass is 9.98. The number of hydrogen-bond acceptors (Lipinski definition) is 5. The molecule has 1 saturated heterocycles. The smallest absolute Gasteiger partial charge is 0.371 e. The first-order valence-electron chi connectivity index (χ1n) is 6.05. The van der Waals surface area contributed by atoms with Gasteiger partial charge in [-0.2, -0.15) is 4.31 Å². The van der Waals surface area contributed by atoms with Gasteiger partial charge in [-0.3, -0.25) is 4.79 Å². The molecule has 1 fully saturated rings. The number of piperidine rings is 1. The Morgan fingerprint density at radius 1 is 1.38 bits per heavy atom. The number of sulfonamides is 1. The summed E-state index contributed by atoms with van der Waals surface area (Å²) in [5, 5.41) is 8.82. The fourth-order valence-electron chi connectivity index (χ4n) is 2.15. The van der Waals surface area contributed by atoms with E-state index in [-0.39, 0.29) is 28.6 Å². The maximum absolute atomic E-state index is 12.4. The summed E-state index contributed by atoms with van der Waals surface area (Å²) >= 11 is 2.91. The first-order valence-corrected chi connectivity index (χ1v) is 8.29. The summed E-state index contributed by atoms with van der Waals surface area (Å²) in [6.45, 7) is 0.298. The molecule has 1 aliphatic heterocycles. The maximum Gasteiger partial charge on any atom is 0.371 e.